The highest BCUT2D eigenvalue weighted by molar-refractivity contribution is 5.78. The summed E-state index contributed by atoms with van der Waals surface area (Å²) in [6.45, 7) is 6.66. The van der Waals surface area contributed by atoms with Gasteiger partial charge in [-0.2, -0.15) is 0 Å². The van der Waals surface area contributed by atoms with Crippen LogP contribution in [0.4, 0.5) is 0 Å². The van der Waals surface area contributed by atoms with Crippen LogP contribution in [-0.4, -0.2) is 31.0 Å². The number of guanidine groups is 1. The summed E-state index contributed by atoms with van der Waals surface area (Å²) in [6.07, 6.45) is 1.31. The van der Waals surface area contributed by atoms with Gasteiger partial charge < -0.3 is 10.6 Å². The van der Waals surface area contributed by atoms with Crippen LogP contribution in [0, 0.1) is 11.8 Å². The molecule has 1 aliphatic rings. The topological polar surface area (TPSA) is 41.6 Å². The molecule has 70 valence electrons. The third-order valence-electron chi connectivity index (χ3n) is 2.42. The Morgan fingerprint density at radius 3 is 2.25 bits per heavy atom. The Balaban J connectivity index is 2.55. The first-order valence-corrected chi connectivity index (χ1v) is 4.60. The molecule has 12 heavy (non-hydrogen) atoms. The van der Waals surface area contributed by atoms with Crippen LogP contribution < -0.4 is 5.73 Å². The van der Waals surface area contributed by atoms with Gasteiger partial charge in [0.1, 0.15) is 0 Å². The summed E-state index contributed by atoms with van der Waals surface area (Å²) in [4.78, 5) is 6.18. The Labute approximate surface area is 74.6 Å². The zero-order valence-electron chi connectivity index (χ0n) is 8.25. The van der Waals surface area contributed by atoms with Crippen molar-refractivity contribution in [2.45, 2.75) is 20.3 Å². The molecular weight excluding hydrogens is 150 g/mol. The quantitative estimate of drug-likeness (QED) is 0.432. The highest BCUT2D eigenvalue weighted by atomic mass is 15.3. The van der Waals surface area contributed by atoms with Crippen LogP contribution >= 0.6 is 0 Å². The van der Waals surface area contributed by atoms with Gasteiger partial charge in [0.2, 0.25) is 0 Å². The van der Waals surface area contributed by atoms with Crippen molar-refractivity contribution in [1.82, 2.24) is 4.90 Å². The number of piperidine rings is 1. The maximum absolute atomic E-state index is 5.75. The van der Waals surface area contributed by atoms with Crippen LogP contribution in [0.1, 0.15) is 20.3 Å². The molecule has 1 fully saturated rings. The van der Waals surface area contributed by atoms with E-state index in [-0.39, 0.29) is 0 Å². The summed E-state index contributed by atoms with van der Waals surface area (Å²) >= 11 is 0. The van der Waals surface area contributed by atoms with Crippen molar-refractivity contribution in [3.63, 3.8) is 0 Å². The molecule has 0 aliphatic carbocycles. The molecule has 1 saturated heterocycles. The molecule has 0 aromatic heterocycles. The van der Waals surface area contributed by atoms with E-state index in [0.717, 1.165) is 24.9 Å². The Hall–Kier alpha value is -0.730. The van der Waals surface area contributed by atoms with Gasteiger partial charge in [0, 0.05) is 20.1 Å². The number of hydrogen-bond acceptors (Lipinski definition) is 1. The van der Waals surface area contributed by atoms with E-state index in [0.29, 0.717) is 5.96 Å². The van der Waals surface area contributed by atoms with Crippen LogP contribution in [0.3, 0.4) is 0 Å². The Morgan fingerprint density at radius 1 is 1.33 bits per heavy atom. The molecule has 0 aromatic carbocycles. The molecule has 0 aromatic rings. The normalized spacial score (nSPS) is 32.2. The van der Waals surface area contributed by atoms with E-state index < -0.39 is 0 Å². The predicted octanol–water partition coefficient (Wildman–Crippen LogP) is 0.909. The summed E-state index contributed by atoms with van der Waals surface area (Å²) in [5.74, 6) is 2.18. The zero-order chi connectivity index (χ0) is 9.14. The van der Waals surface area contributed by atoms with E-state index >= 15 is 0 Å². The average molecular weight is 169 g/mol. The first-order valence-electron chi connectivity index (χ1n) is 4.60. The lowest BCUT2D eigenvalue weighted by Gasteiger charge is -2.35. The van der Waals surface area contributed by atoms with E-state index in [9.17, 15) is 0 Å². The number of nitrogens with two attached hydrogens (primary N) is 1. The first-order chi connectivity index (χ1) is 5.63. The van der Waals surface area contributed by atoms with Gasteiger partial charge in [-0.15, -0.1) is 0 Å². The largest absolute Gasteiger partial charge is 0.370 e. The molecule has 0 spiro atoms. The maximum Gasteiger partial charge on any atom is 0.190 e. The van der Waals surface area contributed by atoms with Gasteiger partial charge in [-0.25, -0.2) is 0 Å². The number of aliphatic imine (C=N–C) groups is 1. The van der Waals surface area contributed by atoms with Gasteiger partial charge in [-0.1, -0.05) is 13.8 Å². The average Bonchev–Trinajstić information content (AvgIpc) is 2.01. The summed E-state index contributed by atoms with van der Waals surface area (Å²) in [5.41, 5.74) is 5.75. The zero-order valence-corrected chi connectivity index (χ0v) is 8.25. The summed E-state index contributed by atoms with van der Waals surface area (Å²) in [5, 5.41) is 0. The fraction of sp³-hybridized carbons (Fsp3) is 0.889. The number of likely N-dealkylation sites (tertiary alicyclic amines) is 1. The fourth-order valence-electron chi connectivity index (χ4n) is 1.99. The third-order valence-corrected chi connectivity index (χ3v) is 2.42. The molecule has 2 N–H and O–H groups in total. The summed E-state index contributed by atoms with van der Waals surface area (Å²) in [7, 11) is 1.75. The Bertz CT molecular complexity index is 167. The van der Waals surface area contributed by atoms with Crippen LogP contribution in [-0.2, 0) is 0 Å². The molecule has 1 rings (SSSR count). The molecule has 0 saturated carbocycles. The van der Waals surface area contributed by atoms with Crippen molar-refractivity contribution >= 4 is 5.96 Å². The van der Waals surface area contributed by atoms with Gasteiger partial charge >= 0.3 is 0 Å². The van der Waals surface area contributed by atoms with E-state index in [1.165, 1.54) is 6.42 Å². The minimum Gasteiger partial charge on any atom is -0.370 e. The lowest BCUT2D eigenvalue weighted by Crippen LogP contribution is -2.46. The number of nitrogens with zero attached hydrogens (tertiary/aromatic N) is 2. The van der Waals surface area contributed by atoms with Crippen LogP contribution in [0.2, 0.25) is 0 Å². The maximum atomic E-state index is 5.75. The van der Waals surface area contributed by atoms with Gasteiger partial charge in [0.15, 0.2) is 5.96 Å². The van der Waals surface area contributed by atoms with E-state index in [1.807, 2.05) is 0 Å². The fourth-order valence-corrected chi connectivity index (χ4v) is 1.99. The molecule has 3 heteroatoms. The summed E-state index contributed by atoms with van der Waals surface area (Å²) in [6, 6.07) is 0. The Morgan fingerprint density at radius 2 is 1.83 bits per heavy atom. The molecule has 2 unspecified atom stereocenters. The van der Waals surface area contributed by atoms with E-state index in [4.69, 9.17) is 5.73 Å². The minimum atomic E-state index is 0.688. The van der Waals surface area contributed by atoms with Gasteiger partial charge in [0.25, 0.3) is 0 Å². The highest BCUT2D eigenvalue weighted by Gasteiger charge is 2.22. The van der Waals surface area contributed by atoms with Crippen molar-refractivity contribution < 1.29 is 0 Å². The molecule has 0 amide bonds. The molecule has 2 atom stereocenters. The van der Waals surface area contributed by atoms with Gasteiger partial charge in [-0.3, -0.25) is 4.99 Å². The smallest absolute Gasteiger partial charge is 0.190 e. The van der Waals surface area contributed by atoms with Crippen molar-refractivity contribution in [2.75, 3.05) is 20.1 Å². The molecule has 0 bridgehead atoms. The van der Waals surface area contributed by atoms with Crippen molar-refractivity contribution in [2.24, 2.45) is 22.6 Å². The van der Waals surface area contributed by atoms with E-state index in [2.05, 4.69) is 23.7 Å². The lowest BCUT2D eigenvalue weighted by molar-refractivity contribution is 0.212. The predicted molar refractivity (Wildman–Crippen MR) is 52.1 cm³/mol. The number of rotatable bonds is 0. The summed E-state index contributed by atoms with van der Waals surface area (Å²) < 4.78 is 0. The van der Waals surface area contributed by atoms with Crippen LogP contribution in [0.25, 0.3) is 0 Å². The third kappa shape index (κ3) is 2.13. The monoisotopic (exact) mass is 169 g/mol. The minimum absolute atomic E-state index is 0.688. The Kier molecular flexibility index (Phi) is 2.95. The van der Waals surface area contributed by atoms with Gasteiger partial charge in [-0.05, 0) is 18.3 Å². The number of hydrogen-bond donors (Lipinski definition) is 1. The van der Waals surface area contributed by atoms with Gasteiger partial charge in [0.05, 0.1) is 0 Å². The second-order valence-corrected chi connectivity index (χ2v) is 3.93. The highest BCUT2D eigenvalue weighted by Crippen LogP contribution is 2.20. The molecule has 0 radical (unpaired) electrons. The van der Waals surface area contributed by atoms with Crippen molar-refractivity contribution in [3.8, 4) is 0 Å². The molecular formula is C9H19N3. The second-order valence-electron chi connectivity index (χ2n) is 3.93. The first kappa shape index (κ1) is 9.36. The second kappa shape index (κ2) is 3.78. The molecule has 1 heterocycles. The molecule has 3 nitrogen and oxygen atoms in total. The standard InChI is InChI=1S/C9H19N3/c1-7-4-8(2)6-12(5-7)9(10)11-3/h7-8H,4-6H2,1-3H3,(H2,10,11). The molecule has 1 aliphatic heterocycles. The van der Waals surface area contributed by atoms with E-state index in [1.54, 1.807) is 7.05 Å². The SMILES string of the molecule is CN=C(N)N1CC(C)CC(C)C1. The van der Waals surface area contributed by atoms with Crippen molar-refractivity contribution in [3.05, 3.63) is 0 Å². The van der Waals surface area contributed by atoms with Crippen molar-refractivity contribution in [1.29, 1.82) is 0 Å². The van der Waals surface area contributed by atoms with Crippen LogP contribution in [0.5, 0.6) is 0 Å². The lowest BCUT2D eigenvalue weighted by atomic mass is 9.92. The van der Waals surface area contributed by atoms with Crippen LogP contribution in [0.15, 0.2) is 4.99 Å².